The molecule has 0 saturated carbocycles. The lowest BCUT2D eigenvalue weighted by Gasteiger charge is -2.19. The maximum atomic E-state index is 12.1. The molecule has 0 bridgehead atoms. The molecule has 0 unspecified atom stereocenters. The number of fused-ring (bicyclic) bond motifs is 1. The SMILES string of the molecule is CCn1c(CN)cc(=O)n2nc(C3CCOCC3)cc12. The molecule has 1 aliphatic rings. The van der Waals surface area contributed by atoms with E-state index < -0.39 is 0 Å². The summed E-state index contributed by atoms with van der Waals surface area (Å²) in [5.41, 5.74) is 8.30. The molecule has 1 aliphatic heterocycles. The van der Waals surface area contributed by atoms with Crippen molar-refractivity contribution in [1.82, 2.24) is 14.2 Å². The van der Waals surface area contributed by atoms with Gasteiger partial charge in [-0.3, -0.25) is 4.79 Å². The van der Waals surface area contributed by atoms with Gasteiger partial charge in [0.05, 0.1) is 5.69 Å². The van der Waals surface area contributed by atoms with Crippen molar-refractivity contribution in [2.75, 3.05) is 13.2 Å². The average Bonchev–Trinajstić information content (AvgIpc) is 2.93. The van der Waals surface area contributed by atoms with Crippen molar-refractivity contribution in [3.05, 3.63) is 33.9 Å². The molecule has 6 heteroatoms. The monoisotopic (exact) mass is 276 g/mol. The normalized spacial score (nSPS) is 16.9. The Morgan fingerprint density at radius 2 is 2.15 bits per heavy atom. The molecule has 0 radical (unpaired) electrons. The predicted molar refractivity (Wildman–Crippen MR) is 75.8 cm³/mol. The lowest BCUT2D eigenvalue weighted by molar-refractivity contribution is 0.0844. The maximum Gasteiger partial charge on any atom is 0.274 e. The van der Waals surface area contributed by atoms with E-state index in [0.29, 0.717) is 12.5 Å². The summed E-state index contributed by atoms with van der Waals surface area (Å²) in [5, 5.41) is 4.51. The number of nitrogens with two attached hydrogens (primary N) is 1. The van der Waals surface area contributed by atoms with Crippen molar-refractivity contribution < 1.29 is 4.74 Å². The fourth-order valence-electron chi connectivity index (χ4n) is 2.90. The predicted octanol–water partition coefficient (Wildman–Crippen LogP) is 0.869. The van der Waals surface area contributed by atoms with Crippen LogP contribution in [0.2, 0.25) is 0 Å². The molecular formula is C14H20N4O2. The fourth-order valence-corrected chi connectivity index (χ4v) is 2.90. The number of hydrogen-bond donors (Lipinski definition) is 1. The standard InChI is InChI=1S/C14H20N4O2/c1-2-17-11(9-15)7-14(19)18-13(17)8-12(16-18)10-3-5-20-6-4-10/h7-8,10H,2-6,9,15H2,1H3. The molecule has 1 saturated heterocycles. The molecule has 0 amide bonds. The van der Waals surface area contributed by atoms with E-state index in [4.69, 9.17) is 10.5 Å². The highest BCUT2D eigenvalue weighted by atomic mass is 16.5. The van der Waals surface area contributed by atoms with Gasteiger partial charge in [0.1, 0.15) is 5.65 Å². The van der Waals surface area contributed by atoms with Gasteiger partial charge in [0.25, 0.3) is 5.56 Å². The van der Waals surface area contributed by atoms with Crippen LogP contribution in [0.15, 0.2) is 16.9 Å². The average molecular weight is 276 g/mol. The summed E-state index contributed by atoms with van der Waals surface area (Å²) in [6.07, 6.45) is 1.93. The fraction of sp³-hybridized carbons (Fsp3) is 0.571. The van der Waals surface area contributed by atoms with Crippen LogP contribution in [0.3, 0.4) is 0 Å². The third-order valence-corrected chi connectivity index (χ3v) is 4.00. The van der Waals surface area contributed by atoms with Crippen LogP contribution in [0, 0.1) is 0 Å². The Hall–Kier alpha value is -1.66. The molecule has 3 rings (SSSR count). The number of rotatable bonds is 3. The Balaban J connectivity index is 2.14. The van der Waals surface area contributed by atoms with Crippen molar-refractivity contribution in [3.63, 3.8) is 0 Å². The first-order valence-corrected chi connectivity index (χ1v) is 7.14. The van der Waals surface area contributed by atoms with E-state index in [1.807, 2.05) is 13.0 Å². The minimum Gasteiger partial charge on any atom is -0.381 e. The summed E-state index contributed by atoms with van der Waals surface area (Å²) in [4.78, 5) is 12.1. The van der Waals surface area contributed by atoms with Gasteiger partial charge in [-0.15, -0.1) is 0 Å². The van der Waals surface area contributed by atoms with Crippen LogP contribution in [-0.4, -0.2) is 27.4 Å². The molecule has 0 spiro atoms. The second-order valence-corrected chi connectivity index (χ2v) is 5.15. The van der Waals surface area contributed by atoms with Crippen molar-refractivity contribution in [3.8, 4) is 0 Å². The Labute approximate surface area is 117 Å². The molecule has 2 aromatic rings. The topological polar surface area (TPSA) is 74.5 Å². The Morgan fingerprint density at radius 1 is 1.40 bits per heavy atom. The number of aromatic nitrogens is 3. The summed E-state index contributed by atoms with van der Waals surface area (Å²) >= 11 is 0. The highest BCUT2D eigenvalue weighted by molar-refractivity contribution is 5.43. The molecule has 0 aromatic carbocycles. The quantitative estimate of drug-likeness (QED) is 0.902. The minimum atomic E-state index is -0.108. The molecule has 2 N–H and O–H groups in total. The first kappa shape index (κ1) is 13.3. The zero-order valence-electron chi connectivity index (χ0n) is 11.7. The van der Waals surface area contributed by atoms with Crippen LogP contribution < -0.4 is 11.3 Å². The molecule has 0 aliphatic carbocycles. The second kappa shape index (κ2) is 5.38. The molecule has 2 aromatic heterocycles. The third kappa shape index (κ3) is 2.14. The van der Waals surface area contributed by atoms with Gasteiger partial charge >= 0.3 is 0 Å². The summed E-state index contributed by atoms with van der Waals surface area (Å²) in [7, 11) is 0. The number of aryl methyl sites for hydroxylation is 1. The van der Waals surface area contributed by atoms with E-state index in [9.17, 15) is 4.79 Å². The largest absolute Gasteiger partial charge is 0.381 e. The Morgan fingerprint density at radius 3 is 2.80 bits per heavy atom. The van der Waals surface area contributed by atoms with Crippen LogP contribution in [0.25, 0.3) is 5.65 Å². The molecule has 3 heterocycles. The molecule has 0 atom stereocenters. The molecule has 6 nitrogen and oxygen atoms in total. The highest BCUT2D eigenvalue weighted by Gasteiger charge is 2.20. The first-order valence-electron chi connectivity index (χ1n) is 7.14. The van der Waals surface area contributed by atoms with Gasteiger partial charge in [0.15, 0.2) is 0 Å². The van der Waals surface area contributed by atoms with E-state index in [2.05, 4.69) is 9.67 Å². The van der Waals surface area contributed by atoms with E-state index in [1.165, 1.54) is 4.52 Å². The summed E-state index contributed by atoms with van der Waals surface area (Å²) in [5.74, 6) is 0.384. The van der Waals surface area contributed by atoms with Crippen LogP contribution in [0.5, 0.6) is 0 Å². The van der Waals surface area contributed by atoms with E-state index in [-0.39, 0.29) is 5.56 Å². The summed E-state index contributed by atoms with van der Waals surface area (Å²) < 4.78 is 8.93. The number of nitrogens with zero attached hydrogens (tertiary/aromatic N) is 3. The van der Waals surface area contributed by atoms with E-state index in [0.717, 1.165) is 49.6 Å². The van der Waals surface area contributed by atoms with Gasteiger partial charge in [-0.1, -0.05) is 0 Å². The zero-order valence-corrected chi connectivity index (χ0v) is 11.7. The lowest BCUT2D eigenvalue weighted by Crippen LogP contribution is -2.22. The summed E-state index contributed by atoms with van der Waals surface area (Å²) in [6, 6.07) is 3.61. The summed E-state index contributed by atoms with van der Waals surface area (Å²) in [6.45, 7) is 4.71. The molecule has 108 valence electrons. The maximum absolute atomic E-state index is 12.1. The zero-order chi connectivity index (χ0) is 14.1. The van der Waals surface area contributed by atoms with Gasteiger partial charge in [-0.25, -0.2) is 0 Å². The Kier molecular flexibility index (Phi) is 3.58. The van der Waals surface area contributed by atoms with Crippen LogP contribution in [0.4, 0.5) is 0 Å². The van der Waals surface area contributed by atoms with Gasteiger partial charge in [0.2, 0.25) is 0 Å². The molecular weight excluding hydrogens is 256 g/mol. The van der Waals surface area contributed by atoms with Gasteiger partial charge in [0, 0.05) is 50.0 Å². The van der Waals surface area contributed by atoms with Crippen molar-refractivity contribution in [1.29, 1.82) is 0 Å². The highest BCUT2D eigenvalue weighted by Crippen LogP contribution is 2.26. The second-order valence-electron chi connectivity index (χ2n) is 5.15. The van der Waals surface area contributed by atoms with Gasteiger partial charge in [-0.2, -0.15) is 9.61 Å². The van der Waals surface area contributed by atoms with Crippen molar-refractivity contribution in [2.45, 2.75) is 38.8 Å². The molecule has 20 heavy (non-hydrogen) atoms. The Bertz CT molecular complexity index is 668. The van der Waals surface area contributed by atoms with Crippen LogP contribution >= 0.6 is 0 Å². The van der Waals surface area contributed by atoms with Crippen LogP contribution in [0.1, 0.15) is 37.1 Å². The van der Waals surface area contributed by atoms with Crippen molar-refractivity contribution in [2.24, 2.45) is 5.73 Å². The van der Waals surface area contributed by atoms with Gasteiger partial charge in [-0.05, 0) is 19.8 Å². The van der Waals surface area contributed by atoms with Crippen LogP contribution in [-0.2, 0) is 17.8 Å². The number of hydrogen-bond acceptors (Lipinski definition) is 4. The smallest absolute Gasteiger partial charge is 0.274 e. The molecule has 1 fully saturated rings. The van der Waals surface area contributed by atoms with Crippen molar-refractivity contribution >= 4 is 5.65 Å². The van der Waals surface area contributed by atoms with E-state index in [1.54, 1.807) is 6.07 Å². The first-order chi connectivity index (χ1) is 9.74. The lowest BCUT2D eigenvalue weighted by atomic mass is 9.97. The van der Waals surface area contributed by atoms with Gasteiger partial charge < -0.3 is 15.0 Å². The minimum absolute atomic E-state index is 0.108. The number of ether oxygens (including phenoxy) is 1. The third-order valence-electron chi connectivity index (χ3n) is 4.00. The van der Waals surface area contributed by atoms with E-state index >= 15 is 0 Å².